The Labute approximate surface area is 68.7 Å². The van der Waals surface area contributed by atoms with Crippen molar-refractivity contribution in [2.24, 2.45) is 0 Å². The van der Waals surface area contributed by atoms with E-state index in [1.54, 1.807) is 0 Å². The first-order valence-electron chi connectivity index (χ1n) is 3.07. The molecule has 0 spiro atoms. The van der Waals surface area contributed by atoms with Crippen molar-refractivity contribution < 1.29 is 4.79 Å². The second-order valence-electron chi connectivity index (χ2n) is 2.37. The molecule has 1 rings (SSSR count). The van der Waals surface area contributed by atoms with Gasteiger partial charge >= 0.3 is 0 Å². The number of carbonyl (C=O) groups excluding carboxylic acids is 1. The van der Waals surface area contributed by atoms with E-state index < -0.39 is 0 Å². The van der Waals surface area contributed by atoms with Gasteiger partial charge in [0.25, 0.3) is 0 Å². The highest BCUT2D eigenvalue weighted by Crippen LogP contribution is 2.30. The molecule has 0 aliphatic heterocycles. The van der Waals surface area contributed by atoms with E-state index in [4.69, 9.17) is 0 Å². The molecule has 0 heterocycles. The van der Waals surface area contributed by atoms with Gasteiger partial charge in [0.2, 0.25) is 0 Å². The summed E-state index contributed by atoms with van der Waals surface area (Å²) in [4.78, 5) is 10.4. The summed E-state index contributed by atoms with van der Waals surface area (Å²) in [5.41, 5.74) is 0. The lowest BCUT2D eigenvalue weighted by atomic mass is 9.96. The van der Waals surface area contributed by atoms with Crippen LogP contribution in [0.15, 0.2) is 12.2 Å². The fourth-order valence-electron chi connectivity index (χ4n) is 0.929. The predicted octanol–water partition coefficient (Wildman–Crippen LogP) is 2.10. The zero-order valence-electron chi connectivity index (χ0n) is 5.14. The van der Waals surface area contributed by atoms with Gasteiger partial charge in [0.1, 0.15) is 6.29 Å². The van der Waals surface area contributed by atoms with Crippen LogP contribution < -0.4 is 0 Å². The average Bonchev–Trinajstić information content (AvgIpc) is 1.90. The highest BCUT2D eigenvalue weighted by molar-refractivity contribution is 14.1. The molecule has 0 aromatic rings. The summed E-state index contributed by atoms with van der Waals surface area (Å²) in [6.07, 6.45) is 8.27. The number of carbonyl (C=O) groups is 1. The van der Waals surface area contributed by atoms with Gasteiger partial charge in [0.15, 0.2) is 0 Å². The maximum Gasteiger partial charge on any atom is 0.136 e. The molecule has 0 aromatic carbocycles. The first-order valence-corrected chi connectivity index (χ1v) is 4.15. The molecule has 0 fully saturated rings. The number of rotatable bonds is 1. The van der Waals surface area contributed by atoms with Crippen LogP contribution in [0.1, 0.15) is 19.3 Å². The normalized spacial score (nSPS) is 34.3. The van der Waals surface area contributed by atoms with E-state index in [9.17, 15) is 4.79 Å². The minimum absolute atomic E-state index is 0.0769. The molecule has 0 radical (unpaired) electrons. The summed E-state index contributed by atoms with van der Waals surface area (Å²) in [6, 6.07) is 0. The Morgan fingerprint density at radius 2 is 2.33 bits per heavy atom. The summed E-state index contributed by atoms with van der Waals surface area (Å²) in [6.45, 7) is 0. The molecule has 2 heteroatoms. The van der Waals surface area contributed by atoms with Gasteiger partial charge < -0.3 is 4.79 Å². The molecule has 0 saturated carbocycles. The molecule has 0 saturated heterocycles. The molecule has 1 atom stereocenters. The Balaban J connectivity index is 2.60. The summed E-state index contributed by atoms with van der Waals surface area (Å²) >= 11 is 2.23. The first kappa shape index (κ1) is 7.25. The van der Waals surface area contributed by atoms with Gasteiger partial charge in [0, 0.05) is 0 Å². The minimum Gasteiger partial charge on any atom is -0.302 e. The van der Waals surface area contributed by atoms with Crippen molar-refractivity contribution in [1.82, 2.24) is 0 Å². The Hall–Kier alpha value is 0.140. The van der Waals surface area contributed by atoms with Crippen LogP contribution in [-0.2, 0) is 4.79 Å². The summed E-state index contributed by atoms with van der Waals surface area (Å²) in [5.74, 6) is 0. The Morgan fingerprint density at radius 1 is 1.56 bits per heavy atom. The molecular weight excluding hydrogens is 227 g/mol. The molecule has 0 bridgehead atoms. The van der Waals surface area contributed by atoms with Gasteiger partial charge in [0.05, 0.1) is 3.42 Å². The molecule has 50 valence electrons. The van der Waals surface area contributed by atoms with E-state index >= 15 is 0 Å². The van der Waals surface area contributed by atoms with Gasteiger partial charge in [-0.2, -0.15) is 0 Å². The van der Waals surface area contributed by atoms with Gasteiger partial charge in [-0.25, -0.2) is 0 Å². The van der Waals surface area contributed by atoms with Gasteiger partial charge in [-0.1, -0.05) is 34.7 Å². The second-order valence-corrected chi connectivity index (χ2v) is 4.52. The number of hydrogen-bond donors (Lipinski definition) is 0. The van der Waals surface area contributed by atoms with Crippen LogP contribution in [0.4, 0.5) is 0 Å². The molecule has 1 aliphatic carbocycles. The van der Waals surface area contributed by atoms with Crippen LogP contribution in [0.25, 0.3) is 0 Å². The fourth-order valence-corrected chi connectivity index (χ4v) is 1.50. The van der Waals surface area contributed by atoms with E-state index in [0.717, 1.165) is 25.5 Å². The van der Waals surface area contributed by atoms with Crippen LogP contribution in [-0.4, -0.2) is 9.71 Å². The highest BCUT2D eigenvalue weighted by atomic mass is 127. The van der Waals surface area contributed by atoms with Crippen molar-refractivity contribution in [3.63, 3.8) is 0 Å². The third-order valence-corrected chi connectivity index (χ3v) is 2.80. The maximum absolute atomic E-state index is 10.4. The second kappa shape index (κ2) is 2.82. The molecule has 0 amide bonds. The first-order chi connectivity index (χ1) is 4.27. The van der Waals surface area contributed by atoms with Crippen molar-refractivity contribution in [2.75, 3.05) is 0 Å². The monoisotopic (exact) mass is 236 g/mol. The van der Waals surface area contributed by atoms with E-state index in [2.05, 4.69) is 34.7 Å². The smallest absolute Gasteiger partial charge is 0.136 e. The Kier molecular flexibility index (Phi) is 2.27. The standard InChI is InChI=1S/C7H9IO/c8-7(6-9)4-2-1-3-5-7/h1-2,6H,3-5H2. The zero-order valence-corrected chi connectivity index (χ0v) is 7.30. The van der Waals surface area contributed by atoms with Gasteiger partial charge in [-0.3, -0.25) is 0 Å². The quantitative estimate of drug-likeness (QED) is 0.295. The van der Waals surface area contributed by atoms with Crippen molar-refractivity contribution in [3.8, 4) is 0 Å². The average molecular weight is 236 g/mol. The Morgan fingerprint density at radius 3 is 2.67 bits per heavy atom. The number of halogens is 1. The number of hydrogen-bond acceptors (Lipinski definition) is 1. The lowest BCUT2D eigenvalue weighted by Crippen LogP contribution is -2.22. The van der Waals surface area contributed by atoms with Crippen LogP contribution in [0.5, 0.6) is 0 Å². The van der Waals surface area contributed by atoms with E-state index in [1.807, 2.05) is 0 Å². The molecule has 1 aliphatic rings. The molecule has 0 aromatic heterocycles. The lowest BCUT2D eigenvalue weighted by Gasteiger charge is -2.20. The van der Waals surface area contributed by atoms with Gasteiger partial charge in [-0.05, 0) is 19.3 Å². The SMILES string of the molecule is O=CC1(I)CC=CCC1. The van der Waals surface area contributed by atoms with Crippen LogP contribution in [0.2, 0.25) is 0 Å². The molecule has 1 nitrogen and oxygen atoms in total. The predicted molar refractivity (Wildman–Crippen MR) is 45.8 cm³/mol. The van der Waals surface area contributed by atoms with E-state index in [-0.39, 0.29) is 3.42 Å². The molecular formula is C7H9IO. The largest absolute Gasteiger partial charge is 0.302 e. The van der Waals surface area contributed by atoms with Crippen LogP contribution in [0.3, 0.4) is 0 Å². The van der Waals surface area contributed by atoms with Crippen LogP contribution in [0, 0.1) is 0 Å². The van der Waals surface area contributed by atoms with E-state index in [0.29, 0.717) is 0 Å². The zero-order chi connectivity index (χ0) is 6.74. The van der Waals surface area contributed by atoms with Crippen molar-refractivity contribution in [1.29, 1.82) is 0 Å². The molecule has 9 heavy (non-hydrogen) atoms. The van der Waals surface area contributed by atoms with Crippen molar-refractivity contribution in [3.05, 3.63) is 12.2 Å². The van der Waals surface area contributed by atoms with Crippen LogP contribution >= 0.6 is 22.6 Å². The third kappa shape index (κ3) is 1.78. The third-order valence-electron chi connectivity index (χ3n) is 1.56. The minimum atomic E-state index is -0.0769. The van der Waals surface area contributed by atoms with Gasteiger partial charge in [-0.15, -0.1) is 0 Å². The Bertz CT molecular complexity index is 142. The number of alkyl halides is 1. The lowest BCUT2D eigenvalue weighted by molar-refractivity contribution is -0.109. The fraction of sp³-hybridized carbons (Fsp3) is 0.571. The summed E-state index contributed by atoms with van der Waals surface area (Å²) in [5, 5.41) is 0. The summed E-state index contributed by atoms with van der Waals surface area (Å²) < 4.78 is -0.0769. The van der Waals surface area contributed by atoms with E-state index in [1.165, 1.54) is 0 Å². The summed E-state index contributed by atoms with van der Waals surface area (Å²) in [7, 11) is 0. The number of allylic oxidation sites excluding steroid dienone is 2. The van der Waals surface area contributed by atoms with Crippen molar-refractivity contribution in [2.45, 2.75) is 22.7 Å². The maximum atomic E-state index is 10.4. The topological polar surface area (TPSA) is 17.1 Å². The molecule has 0 N–H and O–H groups in total. The molecule has 1 unspecified atom stereocenters. The number of aldehydes is 1. The van der Waals surface area contributed by atoms with Crippen molar-refractivity contribution >= 4 is 28.9 Å². The highest BCUT2D eigenvalue weighted by Gasteiger charge is 2.25.